The molecule has 0 bridgehead atoms. The van der Waals surface area contributed by atoms with Gasteiger partial charge in [0.1, 0.15) is 6.10 Å². The quantitative estimate of drug-likeness (QED) is 0.518. The molecule has 1 aromatic rings. The van der Waals surface area contributed by atoms with E-state index in [0.717, 1.165) is 5.56 Å². The molecular weight excluding hydrogens is 279 g/mol. The summed E-state index contributed by atoms with van der Waals surface area (Å²) in [5.41, 5.74) is 1.01. The van der Waals surface area contributed by atoms with Gasteiger partial charge in [0.25, 0.3) is 0 Å². The minimum absolute atomic E-state index is 0.206. The van der Waals surface area contributed by atoms with Gasteiger partial charge in [-0.1, -0.05) is 30.3 Å². The van der Waals surface area contributed by atoms with Crippen LogP contribution in [0, 0.1) is 0 Å². The summed E-state index contributed by atoms with van der Waals surface area (Å²) in [4.78, 5) is 0. The van der Waals surface area contributed by atoms with E-state index in [4.69, 9.17) is 18.5 Å². The maximum Gasteiger partial charge on any atom is 0.361 e. The maximum absolute atomic E-state index is 12.8. The van der Waals surface area contributed by atoms with E-state index in [1.54, 1.807) is 13.8 Å². The summed E-state index contributed by atoms with van der Waals surface area (Å²) >= 11 is 0. The molecule has 5 nitrogen and oxygen atoms in total. The third kappa shape index (κ3) is 4.14. The maximum atomic E-state index is 12.8. The van der Waals surface area contributed by atoms with Crippen LogP contribution in [-0.2, 0) is 29.7 Å². The summed E-state index contributed by atoms with van der Waals surface area (Å²) in [7, 11) is -3.31. The minimum atomic E-state index is -3.31. The summed E-state index contributed by atoms with van der Waals surface area (Å²) in [5.74, 6) is -0.664. The Morgan fingerprint density at radius 3 is 2.35 bits per heavy atom. The second-order valence-corrected chi connectivity index (χ2v) is 6.54. The molecule has 0 aromatic heterocycles. The van der Waals surface area contributed by atoms with Crippen LogP contribution in [-0.4, -0.2) is 31.8 Å². The first kappa shape index (κ1) is 15.7. The zero-order valence-corrected chi connectivity index (χ0v) is 12.8. The van der Waals surface area contributed by atoms with Gasteiger partial charge < -0.3 is 18.5 Å². The fourth-order valence-corrected chi connectivity index (χ4v) is 3.85. The standard InChI is InChI=1S/C14H21O5P/c1-3-18-20(15,19-4-2)14(13-11-16-13)17-10-12-8-6-5-7-9-12/h5-9,13-14H,3-4,10-11H2,1-2H3/t13-,14+/m0/s1. The number of benzene rings is 1. The SMILES string of the molecule is CCOP(=O)(OCC)[C@@H](OCc1ccccc1)[C@@H]1CO1. The van der Waals surface area contributed by atoms with Gasteiger partial charge in [-0.3, -0.25) is 4.57 Å². The van der Waals surface area contributed by atoms with Crippen molar-refractivity contribution < 1.29 is 23.1 Å². The molecule has 20 heavy (non-hydrogen) atoms. The van der Waals surface area contributed by atoms with Crippen LogP contribution in [0.3, 0.4) is 0 Å². The zero-order chi connectivity index (χ0) is 14.4. The molecule has 0 N–H and O–H groups in total. The van der Waals surface area contributed by atoms with Crippen molar-refractivity contribution in [2.75, 3.05) is 19.8 Å². The van der Waals surface area contributed by atoms with Crippen LogP contribution in [0.2, 0.25) is 0 Å². The average Bonchev–Trinajstić information content (AvgIpc) is 3.25. The van der Waals surface area contributed by atoms with Gasteiger partial charge in [0.15, 0.2) is 5.85 Å². The van der Waals surface area contributed by atoms with Crippen molar-refractivity contribution in [1.82, 2.24) is 0 Å². The van der Waals surface area contributed by atoms with E-state index in [1.165, 1.54) is 0 Å². The molecule has 0 unspecified atom stereocenters. The van der Waals surface area contributed by atoms with Crippen molar-refractivity contribution in [2.24, 2.45) is 0 Å². The number of hydrogen-bond donors (Lipinski definition) is 0. The van der Waals surface area contributed by atoms with Crippen LogP contribution in [0.25, 0.3) is 0 Å². The first-order valence-electron chi connectivity index (χ1n) is 6.85. The van der Waals surface area contributed by atoms with Crippen LogP contribution < -0.4 is 0 Å². The number of hydrogen-bond acceptors (Lipinski definition) is 5. The monoisotopic (exact) mass is 300 g/mol. The molecule has 0 saturated carbocycles. The van der Waals surface area contributed by atoms with Gasteiger partial charge in [-0.25, -0.2) is 0 Å². The van der Waals surface area contributed by atoms with E-state index in [9.17, 15) is 4.57 Å². The molecule has 1 heterocycles. The van der Waals surface area contributed by atoms with Gasteiger partial charge >= 0.3 is 7.60 Å². The van der Waals surface area contributed by atoms with Crippen LogP contribution >= 0.6 is 7.60 Å². The van der Waals surface area contributed by atoms with Crippen molar-refractivity contribution in [3.63, 3.8) is 0 Å². The normalized spacial score (nSPS) is 19.8. The first-order valence-corrected chi connectivity index (χ1v) is 8.46. The van der Waals surface area contributed by atoms with Crippen LogP contribution in [0.15, 0.2) is 30.3 Å². The average molecular weight is 300 g/mol. The lowest BCUT2D eigenvalue weighted by atomic mass is 10.2. The molecule has 2 atom stereocenters. The van der Waals surface area contributed by atoms with Gasteiger partial charge in [0.05, 0.1) is 26.4 Å². The van der Waals surface area contributed by atoms with Crippen molar-refractivity contribution in [3.8, 4) is 0 Å². The summed E-state index contributed by atoms with van der Waals surface area (Å²) in [6.45, 7) is 5.09. The van der Waals surface area contributed by atoms with Crippen molar-refractivity contribution in [1.29, 1.82) is 0 Å². The molecular formula is C14H21O5P. The Morgan fingerprint density at radius 2 is 1.85 bits per heavy atom. The Morgan fingerprint density at radius 1 is 1.25 bits per heavy atom. The van der Waals surface area contributed by atoms with E-state index in [0.29, 0.717) is 26.4 Å². The van der Waals surface area contributed by atoms with Gasteiger partial charge in [0.2, 0.25) is 0 Å². The number of rotatable bonds is 9. The van der Waals surface area contributed by atoms with Gasteiger partial charge in [-0.15, -0.1) is 0 Å². The number of epoxide rings is 1. The van der Waals surface area contributed by atoms with Gasteiger partial charge in [-0.05, 0) is 19.4 Å². The highest BCUT2D eigenvalue weighted by Gasteiger charge is 2.48. The Hall–Kier alpha value is -0.710. The van der Waals surface area contributed by atoms with Crippen LogP contribution in [0.5, 0.6) is 0 Å². The molecule has 2 rings (SSSR count). The fourth-order valence-electron chi connectivity index (χ4n) is 1.92. The molecule has 1 aliphatic rings. The second kappa shape index (κ2) is 7.34. The van der Waals surface area contributed by atoms with Crippen LogP contribution in [0.4, 0.5) is 0 Å². The van der Waals surface area contributed by atoms with E-state index < -0.39 is 13.4 Å². The highest BCUT2D eigenvalue weighted by Crippen LogP contribution is 2.56. The van der Waals surface area contributed by atoms with Crippen molar-refractivity contribution in [2.45, 2.75) is 32.4 Å². The summed E-state index contributed by atoms with van der Waals surface area (Å²) in [5, 5.41) is 0. The molecule has 0 spiro atoms. The van der Waals surface area contributed by atoms with Gasteiger partial charge in [0, 0.05) is 0 Å². The third-order valence-corrected chi connectivity index (χ3v) is 5.21. The largest absolute Gasteiger partial charge is 0.370 e. The molecule has 1 fully saturated rings. The Labute approximate surface area is 119 Å². The zero-order valence-electron chi connectivity index (χ0n) is 11.9. The fraction of sp³-hybridized carbons (Fsp3) is 0.571. The van der Waals surface area contributed by atoms with Crippen molar-refractivity contribution in [3.05, 3.63) is 35.9 Å². The Balaban J connectivity index is 2.04. The molecule has 1 aliphatic heterocycles. The highest BCUT2D eigenvalue weighted by atomic mass is 31.2. The molecule has 112 valence electrons. The second-order valence-electron chi connectivity index (χ2n) is 4.43. The summed E-state index contributed by atoms with van der Waals surface area (Å²) in [6.07, 6.45) is -0.206. The smallest absolute Gasteiger partial charge is 0.361 e. The third-order valence-electron chi connectivity index (χ3n) is 2.87. The Kier molecular flexibility index (Phi) is 5.75. The lowest BCUT2D eigenvalue weighted by Gasteiger charge is -2.25. The summed E-state index contributed by atoms with van der Waals surface area (Å²) < 4.78 is 34.5. The van der Waals surface area contributed by atoms with Crippen molar-refractivity contribution >= 4 is 7.60 Å². The predicted molar refractivity (Wildman–Crippen MR) is 75.6 cm³/mol. The first-order chi connectivity index (χ1) is 9.69. The van der Waals surface area contributed by atoms with E-state index in [1.807, 2.05) is 30.3 Å². The van der Waals surface area contributed by atoms with Crippen LogP contribution in [0.1, 0.15) is 19.4 Å². The molecule has 0 aliphatic carbocycles. The molecule has 6 heteroatoms. The molecule has 1 saturated heterocycles. The Bertz CT molecular complexity index is 436. The van der Waals surface area contributed by atoms with Gasteiger partial charge in [-0.2, -0.15) is 0 Å². The van der Waals surface area contributed by atoms with E-state index in [2.05, 4.69) is 0 Å². The van der Waals surface area contributed by atoms with E-state index in [-0.39, 0.29) is 6.10 Å². The summed E-state index contributed by atoms with van der Waals surface area (Å²) in [6, 6.07) is 9.72. The van der Waals surface area contributed by atoms with E-state index >= 15 is 0 Å². The lowest BCUT2D eigenvalue weighted by Crippen LogP contribution is -2.23. The highest BCUT2D eigenvalue weighted by molar-refractivity contribution is 7.54. The molecule has 0 radical (unpaired) electrons. The minimum Gasteiger partial charge on any atom is -0.370 e. The number of ether oxygens (including phenoxy) is 2. The predicted octanol–water partition coefficient (Wildman–Crippen LogP) is 3.19. The lowest BCUT2D eigenvalue weighted by molar-refractivity contribution is 0.0433. The molecule has 0 amide bonds. The molecule has 1 aromatic carbocycles. The topological polar surface area (TPSA) is 57.3 Å².